The fourth-order valence-corrected chi connectivity index (χ4v) is 12.0. The van der Waals surface area contributed by atoms with Crippen molar-refractivity contribution in [3.05, 3.63) is 134 Å². The molecule has 0 bridgehead atoms. The number of esters is 4. The maximum Gasteiger partial charge on any atom is 0.472 e. The van der Waals surface area contributed by atoms with Crippen LogP contribution in [0.4, 0.5) is 0 Å². The molecule has 0 aliphatic carbocycles. The highest BCUT2D eigenvalue weighted by Crippen LogP contribution is 2.45. The van der Waals surface area contributed by atoms with Crippen LogP contribution in [0.15, 0.2) is 134 Å². The summed E-state index contributed by atoms with van der Waals surface area (Å²) in [5, 5.41) is 10.6. The number of rotatable bonds is 75. The van der Waals surface area contributed by atoms with Crippen LogP contribution in [-0.2, 0) is 65.4 Å². The van der Waals surface area contributed by atoms with Crippen molar-refractivity contribution in [2.75, 3.05) is 39.6 Å². The number of aliphatic hydroxyl groups is 1. The topological polar surface area (TPSA) is 237 Å². The van der Waals surface area contributed by atoms with Gasteiger partial charge in [0.25, 0.3) is 0 Å². The molecule has 0 heterocycles. The van der Waals surface area contributed by atoms with Crippen LogP contribution in [0.1, 0.15) is 323 Å². The van der Waals surface area contributed by atoms with Crippen LogP contribution < -0.4 is 0 Å². The highest BCUT2D eigenvalue weighted by atomic mass is 31.2. The average Bonchev–Trinajstić information content (AvgIpc) is 0.935. The standard InChI is InChI=1S/C85H144O17P2/c1-5-9-13-17-21-25-29-33-35-37-39-41-43-47-50-54-58-62-66-70-83(88)96-76-81(102-85(90)72-68-64-60-56-52-48-44-42-40-38-36-34-30-26-22-18-14-10-6-2)78-100-104(93,94)98-74-79(86)73-97-103(91,92)99-77-80(101-84(89)71-67-63-59-55-51-46-32-28-24-20-16-12-8-4)75-95-82(87)69-65-61-57-53-49-45-31-27-23-19-15-11-7-3/h10,14,21-22,25-27,31,33-36,39-42,47-48,50,52,58,62,79-81,86H,5-9,11-13,15-20,23-24,28-30,32,37-38,43-46,49,51,53-57,59-61,63-78H2,1-4H3,(H,91,92)(H,93,94)/b14-10-,25-21-,26-22-,31-27-,35-33-,36-34-,41-39-,42-40-,50-47-,52-48-,62-58-/t79-,80+,81+/m0/s1. The molecule has 0 amide bonds. The maximum absolute atomic E-state index is 13.1. The number of aliphatic hydroxyl groups excluding tert-OH is 1. The number of hydrogen-bond acceptors (Lipinski definition) is 15. The smallest absolute Gasteiger partial charge is 0.462 e. The summed E-state index contributed by atoms with van der Waals surface area (Å²) in [7, 11) is -9.99. The van der Waals surface area contributed by atoms with Crippen LogP contribution in [-0.4, -0.2) is 96.7 Å². The molecule has 0 radical (unpaired) electrons. The zero-order chi connectivity index (χ0) is 76.0. The number of phosphoric ester groups is 2. The molecule has 0 saturated heterocycles. The number of ether oxygens (including phenoxy) is 4. The van der Waals surface area contributed by atoms with Crippen molar-refractivity contribution in [1.82, 2.24) is 0 Å². The monoisotopic (exact) mass is 1500 g/mol. The lowest BCUT2D eigenvalue weighted by molar-refractivity contribution is -0.161. The van der Waals surface area contributed by atoms with Crippen LogP contribution in [0.5, 0.6) is 0 Å². The Balaban J connectivity index is 5.46. The fraction of sp³-hybridized carbons (Fsp3) is 0.694. The molecule has 5 atom stereocenters. The Morgan fingerprint density at radius 2 is 0.519 bits per heavy atom. The van der Waals surface area contributed by atoms with Crippen molar-refractivity contribution in [2.24, 2.45) is 0 Å². The van der Waals surface area contributed by atoms with Gasteiger partial charge in [0.15, 0.2) is 12.2 Å². The molecule has 0 aromatic carbocycles. The second-order valence-electron chi connectivity index (χ2n) is 26.6. The van der Waals surface area contributed by atoms with Crippen molar-refractivity contribution in [2.45, 2.75) is 341 Å². The largest absolute Gasteiger partial charge is 0.472 e. The van der Waals surface area contributed by atoms with E-state index in [0.717, 1.165) is 141 Å². The molecule has 104 heavy (non-hydrogen) atoms. The van der Waals surface area contributed by atoms with Gasteiger partial charge in [-0.15, -0.1) is 0 Å². The highest BCUT2D eigenvalue weighted by Gasteiger charge is 2.30. The van der Waals surface area contributed by atoms with E-state index in [2.05, 4.69) is 143 Å². The maximum atomic E-state index is 13.1. The second kappa shape index (κ2) is 76.4. The molecule has 0 spiro atoms. The Labute approximate surface area is 631 Å². The number of carbonyl (C=O) groups excluding carboxylic acids is 4. The van der Waals surface area contributed by atoms with Gasteiger partial charge < -0.3 is 33.8 Å². The Hall–Kier alpha value is -4.80. The molecular formula is C85H144O17P2. The van der Waals surface area contributed by atoms with Gasteiger partial charge in [0, 0.05) is 25.7 Å². The van der Waals surface area contributed by atoms with Gasteiger partial charge in [-0.25, -0.2) is 9.13 Å². The second-order valence-corrected chi connectivity index (χ2v) is 29.5. The molecule has 0 aromatic rings. The third-order valence-electron chi connectivity index (χ3n) is 16.6. The minimum Gasteiger partial charge on any atom is -0.462 e. The van der Waals surface area contributed by atoms with Crippen molar-refractivity contribution in [3.8, 4) is 0 Å². The van der Waals surface area contributed by atoms with Crippen LogP contribution in [0.3, 0.4) is 0 Å². The van der Waals surface area contributed by atoms with Crippen LogP contribution in [0.2, 0.25) is 0 Å². The molecule has 17 nitrogen and oxygen atoms in total. The summed E-state index contributed by atoms with van der Waals surface area (Å²) < 4.78 is 68.5. The van der Waals surface area contributed by atoms with E-state index >= 15 is 0 Å². The lowest BCUT2D eigenvalue weighted by atomic mass is 10.0. The summed E-state index contributed by atoms with van der Waals surface area (Å²) in [6.07, 6.45) is 85.9. The van der Waals surface area contributed by atoms with Gasteiger partial charge in [0.2, 0.25) is 0 Å². The molecule has 0 rings (SSSR count). The van der Waals surface area contributed by atoms with E-state index in [9.17, 15) is 43.2 Å². The van der Waals surface area contributed by atoms with Crippen molar-refractivity contribution >= 4 is 39.5 Å². The van der Waals surface area contributed by atoms with E-state index in [1.165, 1.54) is 96.3 Å². The van der Waals surface area contributed by atoms with Gasteiger partial charge in [-0.05, 0) is 135 Å². The summed E-state index contributed by atoms with van der Waals surface area (Å²) in [5.41, 5.74) is 0. The van der Waals surface area contributed by atoms with Crippen molar-refractivity contribution in [1.29, 1.82) is 0 Å². The third kappa shape index (κ3) is 75.4. The minimum atomic E-state index is -5.01. The fourth-order valence-electron chi connectivity index (χ4n) is 10.5. The van der Waals surface area contributed by atoms with Crippen molar-refractivity contribution in [3.63, 3.8) is 0 Å². The van der Waals surface area contributed by atoms with E-state index in [-0.39, 0.29) is 25.7 Å². The quantitative estimate of drug-likeness (QED) is 0.0169. The first-order valence-corrected chi connectivity index (χ1v) is 43.4. The van der Waals surface area contributed by atoms with Gasteiger partial charge >= 0.3 is 39.5 Å². The predicted molar refractivity (Wildman–Crippen MR) is 427 cm³/mol. The molecule has 2 unspecified atom stereocenters. The molecule has 19 heteroatoms. The molecular weight excluding hydrogens is 1350 g/mol. The van der Waals surface area contributed by atoms with Gasteiger partial charge in [0.1, 0.15) is 19.3 Å². The summed E-state index contributed by atoms with van der Waals surface area (Å²) in [4.78, 5) is 73.0. The first-order chi connectivity index (χ1) is 50.7. The first kappa shape index (κ1) is 99.2. The van der Waals surface area contributed by atoms with Crippen LogP contribution >= 0.6 is 15.6 Å². The lowest BCUT2D eigenvalue weighted by Crippen LogP contribution is -2.30. The predicted octanol–water partition coefficient (Wildman–Crippen LogP) is 23.7. The number of allylic oxidation sites excluding steroid dienone is 22. The zero-order valence-electron chi connectivity index (χ0n) is 65.2. The van der Waals surface area contributed by atoms with E-state index < -0.39 is 97.5 Å². The van der Waals surface area contributed by atoms with E-state index in [0.29, 0.717) is 32.1 Å². The summed E-state index contributed by atoms with van der Waals surface area (Å²) in [6, 6.07) is 0. The Morgan fingerprint density at radius 1 is 0.279 bits per heavy atom. The first-order valence-electron chi connectivity index (χ1n) is 40.4. The Morgan fingerprint density at radius 3 is 0.875 bits per heavy atom. The minimum absolute atomic E-state index is 0.0271. The molecule has 0 aliphatic heterocycles. The number of phosphoric acid groups is 2. The Kier molecular flexibility index (Phi) is 72.9. The third-order valence-corrected chi connectivity index (χ3v) is 18.5. The molecule has 0 aromatic heterocycles. The van der Waals surface area contributed by atoms with E-state index in [1.54, 1.807) is 0 Å². The van der Waals surface area contributed by atoms with E-state index in [4.69, 9.17) is 37.0 Å². The van der Waals surface area contributed by atoms with E-state index in [1.807, 2.05) is 18.2 Å². The van der Waals surface area contributed by atoms with Gasteiger partial charge in [-0.3, -0.25) is 37.3 Å². The van der Waals surface area contributed by atoms with Gasteiger partial charge in [-0.2, -0.15) is 0 Å². The highest BCUT2D eigenvalue weighted by molar-refractivity contribution is 7.47. The number of unbranched alkanes of at least 4 members (excludes halogenated alkanes) is 27. The zero-order valence-corrected chi connectivity index (χ0v) is 66.9. The van der Waals surface area contributed by atoms with Crippen molar-refractivity contribution < 1.29 is 80.2 Å². The molecule has 3 N–H and O–H groups in total. The summed E-state index contributed by atoms with van der Waals surface area (Å²) in [5.74, 6) is -2.31. The average molecular weight is 1500 g/mol. The lowest BCUT2D eigenvalue weighted by Gasteiger charge is -2.21. The van der Waals surface area contributed by atoms with Crippen LogP contribution in [0.25, 0.3) is 0 Å². The van der Waals surface area contributed by atoms with Crippen LogP contribution in [0, 0.1) is 0 Å². The normalized spacial score (nSPS) is 14.6. The SMILES string of the molecule is CC/C=C\C/C=C\C/C=C\C/C=C\C/C=C\CCCCCC(=O)O[C@H](COC(=O)CC/C=C\C/C=C\C/C=C\C/C=C\C/C=C\CCCCC)COP(=O)(O)OC[C@@H](O)COP(=O)(O)OC[C@@H](COC(=O)CCCCCCC/C=C\CCCCCC)OC(=O)CCCCCCCCCCCCCCC. The molecule has 0 fully saturated rings. The number of carbonyl (C=O) groups is 4. The van der Waals surface area contributed by atoms with Gasteiger partial charge in [0.05, 0.1) is 26.4 Å². The van der Waals surface area contributed by atoms with Gasteiger partial charge in [-0.1, -0.05) is 296 Å². The Bertz CT molecular complexity index is 2490. The summed E-state index contributed by atoms with van der Waals surface area (Å²) >= 11 is 0. The summed E-state index contributed by atoms with van der Waals surface area (Å²) in [6.45, 7) is 4.60. The number of hydrogen-bond donors (Lipinski definition) is 3. The molecule has 0 aliphatic rings. The molecule has 596 valence electrons. The molecule has 0 saturated carbocycles.